The number of benzene rings is 1. The van der Waals surface area contributed by atoms with E-state index in [1.165, 1.54) is 0 Å². The summed E-state index contributed by atoms with van der Waals surface area (Å²) in [6.07, 6.45) is 4.32. The molecule has 2 aliphatic heterocycles. The lowest BCUT2D eigenvalue weighted by Crippen LogP contribution is -2.40. The van der Waals surface area contributed by atoms with Gasteiger partial charge in [-0.3, -0.25) is 4.79 Å². The van der Waals surface area contributed by atoms with Crippen molar-refractivity contribution in [3.63, 3.8) is 0 Å². The average Bonchev–Trinajstić information content (AvgIpc) is 2.86. The van der Waals surface area contributed by atoms with Crippen LogP contribution < -0.4 is 0 Å². The van der Waals surface area contributed by atoms with Gasteiger partial charge in [-0.1, -0.05) is 17.2 Å². The minimum atomic E-state index is -0.598. The predicted octanol–water partition coefficient (Wildman–Crippen LogP) is 2.41. The second kappa shape index (κ2) is 5.04. The van der Waals surface area contributed by atoms with Gasteiger partial charge in [-0.05, 0) is 32.1 Å². The number of ether oxygens (including phenoxy) is 2. The van der Waals surface area contributed by atoms with Crippen molar-refractivity contribution < 1.29 is 14.3 Å². The summed E-state index contributed by atoms with van der Waals surface area (Å²) in [5.74, 6) is -0.569. The van der Waals surface area contributed by atoms with Crippen LogP contribution >= 0.6 is 0 Å². The number of rotatable bonds is 1. The number of aryl methyl sites for hydroxylation is 2. The maximum Gasteiger partial charge on any atom is 0.257 e. The van der Waals surface area contributed by atoms with E-state index in [1.54, 1.807) is 11.1 Å². The van der Waals surface area contributed by atoms with Crippen LogP contribution in [-0.2, 0) is 9.47 Å². The first-order valence-electron chi connectivity index (χ1n) is 6.95. The molecule has 0 radical (unpaired) electrons. The molecule has 0 atom stereocenters. The number of nitrogens with zero attached hydrogens (tertiary/aromatic N) is 1. The van der Waals surface area contributed by atoms with Gasteiger partial charge in [-0.2, -0.15) is 0 Å². The number of carbonyl (C=O) groups is 1. The quantitative estimate of drug-likeness (QED) is 0.788. The molecule has 4 heteroatoms. The van der Waals surface area contributed by atoms with Crippen LogP contribution in [0.4, 0.5) is 0 Å². The molecule has 0 saturated carbocycles. The maximum absolute atomic E-state index is 12.5. The molecule has 1 aromatic rings. The molecular weight excluding hydrogens is 254 g/mol. The molecule has 1 amide bonds. The highest BCUT2D eigenvalue weighted by molar-refractivity contribution is 5.95. The molecule has 0 aromatic heterocycles. The number of carbonyl (C=O) groups excluding carboxylic acids is 1. The Kier molecular flexibility index (Phi) is 3.36. The fraction of sp³-hybridized carbons (Fsp3) is 0.438. The van der Waals surface area contributed by atoms with Crippen molar-refractivity contribution in [2.24, 2.45) is 0 Å². The largest absolute Gasteiger partial charge is 0.344 e. The molecule has 1 fully saturated rings. The Bertz CT molecular complexity index is 539. The van der Waals surface area contributed by atoms with Crippen molar-refractivity contribution >= 4 is 5.91 Å². The lowest BCUT2D eigenvalue weighted by Gasteiger charge is -2.32. The van der Waals surface area contributed by atoms with Gasteiger partial charge in [0.05, 0.1) is 13.2 Å². The molecule has 1 spiro atoms. The average molecular weight is 273 g/mol. The molecule has 1 saturated heterocycles. The molecule has 4 nitrogen and oxygen atoms in total. The van der Waals surface area contributed by atoms with E-state index < -0.39 is 5.79 Å². The monoisotopic (exact) mass is 273 g/mol. The molecule has 3 rings (SSSR count). The molecule has 0 aliphatic carbocycles. The fourth-order valence-corrected chi connectivity index (χ4v) is 2.78. The van der Waals surface area contributed by atoms with E-state index in [2.05, 4.69) is 6.07 Å². The Hall–Kier alpha value is -1.65. The second-order valence-electron chi connectivity index (χ2n) is 5.45. The summed E-state index contributed by atoms with van der Waals surface area (Å²) in [6.45, 7) is 5.86. The zero-order valence-electron chi connectivity index (χ0n) is 11.9. The zero-order valence-corrected chi connectivity index (χ0v) is 11.9. The summed E-state index contributed by atoms with van der Waals surface area (Å²) in [5, 5.41) is 0. The number of hydrogen-bond donors (Lipinski definition) is 0. The van der Waals surface area contributed by atoms with Crippen molar-refractivity contribution in [1.29, 1.82) is 0 Å². The number of amides is 1. The summed E-state index contributed by atoms with van der Waals surface area (Å²) in [6, 6.07) is 5.92. The molecule has 0 bridgehead atoms. The standard InChI is InChI=1S/C16H19NO3/c1-12-9-13(2)11-14(10-12)15(18)17-5-3-16(4-6-17)19-7-8-20-16/h3,5,9-11H,4,6-8H2,1-2H3. The molecule has 2 aliphatic rings. The maximum atomic E-state index is 12.5. The minimum Gasteiger partial charge on any atom is -0.344 e. The fourth-order valence-electron chi connectivity index (χ4n) is 2.78. The van der Waals surface area contributed by atoms with Gasteiger partial charge in [-0.25, -0.2) is 0 Å². The second-order valence-corrected chi connectivity index (χ2v) is 5.45. The summed E-state index contributed by atoms with van der Waals surface area (Å²) < 4.78 is 11.2. The van der Waals surface area contributed by atoms with E-state index in [0.717, 1.165) is 16.7 Å². The van der Waals surface area contributed by atoms with Crippen LogP contribution in [-0.4, -0.2) is 36.4 Å². The van der Waals surface area contributed by atoms with Gasteiger partial charge in [0, 0.05) is 24.7 Å². The van der Waals surface area contributed by atoms with E-state index in [0.29, 0.717) is 26.2 Å². The molecule has 0 unspecified atom stereocenters. The molecule has 0 N–H and O–H groups in total. The Balaban J connectivity index is 1.78. The predicted molar refractivity (Wildman–Crippen MR) is 75.3 cm³/mol. The first-order chi connectivity index (χ1) is 9.58. The summed E-state index contributed by atoms with van der Waals surface area (Å²) in [4.78, 5) is 14.2. The van der Waals surface area contributed by atoms with E-state index in [4.69, 9.17) is 9.47 Å². The van der Waals surface area contributed by atoms with Crippen molar-refractivity contribution in [3.05, 3.63) is 47.2 Å². The van der Waals surface area contributed by atoms with E-state index in [1.807, 2.05) is 32.1 Å². The SMILES string of the molecule is Cc1cc(C)cc(C(=O)N2C=CC3(CC2)OCCO3)c1. The van der Waals surface area contributed by atoms with E-state index in [9.17, 15) is 4.79 Å². The van der Waals surface area contributed by atoms with Gasteiger partial charge < -0.3 is 14.4 Å². The van der Waals surface area contributed by atoms with Gasteiger partial charge in [0.25, 0.3) is 5.91 Å². The van der Waals surface area contributed by atoms with Crippen LogP contribution in [0.25, 0.3) is 0 Å². The van der Waals surface area contributed by atoms with Gasteiger partial charge >= 0.3 is 0 Å². The summed E-state index contributed by atoms with van der Waals surface area (Å²) in [7, 11) is 0. The summed E-state index contributed by atoms with van der Waals surface area (Å²) in [5.41, 5.74) is 2.94. The van der Waals surface area contributed by atoms with Crippen LogP contribution in [0.2, 0.25) is 0 Å². The van der Waals surface area contributed by atoms with Gasteiger partial charge in [0.2, 0.25) is 0 Å². The van der Waals surface area contributed by atoms with E-state index in [-0.39, 0.29) is 5.91 Å². The Morgan fingerprint density at radius 2 is 1.80 bits per heavy atom. The topological polar surface area (TPSA) is 38.8 Å². The van der Waals surface area contributed by atoms with E-state index >= 15 is 0 Å². The first kappa shape index (κ1) is 13.3. The third kappa shape index (κ3) is 2.49. The highest BCUT2D eigenvalue weighted by atomic mass is 16.7. The van der Waals surface area contributed by atoms with Crippen LogP contribution in [0.3, 0.4) is 0 Å². The molecule has 20 heavy (non-hydrogen) atoms. The Morgan fingerprint density at radius 1 is 1.15 bits per heavy atom. The Morgan fingerprint density at radius 3 is 2.35 bits per heavy atom. The van der Waals surface area contributed by atoms with Crippen molar-refractivity contribution in [1.82, 2.24) is 4.90 Å². The third-order valence-electron chi connectivity index (χ3n) is 3.72. The molecule has 106 valence electrons. The van der Waals surface area contributed by atoms with Crippen LogP contribution in [0.15, 0.2) is 30.5 Å². The van der Waals surface area contributed by atoms with Crippen LogP contribution in [0, 0.1) is 13.8 Å². The smallest absolute Gasteiger partial charge is 0.257 e. The summed E-state index contributed by atoms with van der Waals surface area (Å²) >= 11 is 0. The number of hydrogen-bond acceptors (Lipinski definition) is 3. The molecule has 2 heterocycles. The molecular formula is C16H19NO3. The Labute approximate surface area is 119 Å². The highest BCUT2D eigenvalue weighted by Crippen LogP contribution is 2.29. The van der Waals surface area contributed by atoms with Crippen LogP contribution in [0.5, 0.6) is 0 Å². The highest BCUT2D eigenvalue weighted by Gasteiger charge is 2.37. The zero-order chi connectivity index (χ0) is 14.2. The van der Waals surface area contributed by atoms with Crippen molar-refractivity contribution in [2.45, 2.75) is 26.1 Å². The lowest BCUT2D eigenvalue weighted by atomic mass is 10.0. The molecule has 1 aromatic carbocycles. The normalized spacial score (nSPS) is 20.6. The van der Waals surface area contributed by atoms with Crippen molar-refractivity contribution in [2.75, 3.05) is 19.8 Å². The lowest BCUT2D eigenvalue weighted by molar-refractivity contribution is -0.127. The van der Waals surface area contributed by atoms with Crippen molar-refractivity contribution in [3.8, 4) is 0 Å². The van der Waals surface area contributed by atoms with Gasteiger partial charge in [0.15, 0.2) is 5.79 Å². The third-order valence-corrected chi connectivity index (χ3v) is 3.72. The van der Waals surface area contributed by atoms with Crippen LogP contribution in [0.1, 0.15) is 27.9 Å². The minimum absolute atomic E-state index is 0.0286. The first-order valence-corrected chi connectivity index (χ1v) is 6.95. The van der Waals surface area contributed by atoms with Gasteiger partial charge in [0.1, 0.15) is 0 Å². The van der Waals surface area contributed by atoms with Gasteiger partial charge in [-0.15, -0.1) is 0 Å².